The second-order valence-corrected chi connectivity index (χ2v) is 8.79. The van der Waals surface area contributed by atoms with Gasteiger partial charge in [0.05, 0.1) is 18.5 Å². The number of halogens is 1. The number of guanidine groups is 1. The van der Waals surface area contributed by atoms with Crippen LogP contribution in [0, 0.1) is 17.3 Å². The molecular formula is C20H32IN5O. The van der Waals surface area contributed by atoms with Crippen molar-refractivity contribution in [1.29, 1.82) is 0 Å². The van der Waals surface area contributed by atoms with E-state index in [2.05, 4.69) is 37.9 Å². The highest BCUT2D eigenvalue weighted by Crippen LogP contribution is 2.62. The second kappa shape index (κ2) is 7.54. The summed E-state index contributed by atoms with van der Waals surface area (Å²) in [6.45, 7) is 5.38. The summed E-state index contributed by atoms with van der Waals surface area (Å²) in [6.07, 6.45) is 12.8. The molecule has 5 atom stereocenters. The Bertz CT molecular complexity index is 674. The number of ether oxygens (including phenoxy) is 1. The fraction of sp³-hybridized carbons (Fsp3) is 0.800. The molecule has 0 bridgehead atoms. The van der Waals surface area contributed by atoms with Gasteiger partial charge in [-0.1, -0.05) is 13.3 Å². The van der Waals surface area contributed by atoms with Crippen molar-refractivity contribution in [2.24, 2.45) is 22.2 Å². The van der Waals surface area contributed by atoms with Crippen molar-refractivity contribution in [3.05, 3.63) is 18.7 Å². The number of fused-ring (bicyclic) bond motifs is 2. The molecule has 6 nitrogen and oxygen atoms in total. The average Bonchev–Trinajstić information content (AvgIpc) is 3.26. The van der Waals surface area contributed by atoms with Crippen LogP contribution in [0.2, 0.25) is 0 Å². The minimum Gasteiger partial charge on any atom is -0.377 e. The van der Waals surface area contributed by atoms with Crippen LogP contribution >= 0.6 is 24.0 Å². The summed E-state index contributed by atoms with van der Waals surface area (Å²) in [5, 5.41) is 3.89. The maximum absolute atomic E-state index is 6.08. The van der Waals surface area contributed by atoms with E-state index in [1.165, 1.54) is 32.1 Å². The Balaban J connectivity index is 0.00000180. The van der Waals surface area contributed by atoms with E-state index >= 15 is 0 Å². The summed E-state index contributed by atoms with van der Waals surface area (Å²) in [5.41, 5.74) is 0.393. The maximum atomic E-state index is 6.08. The number of rotatable bonds is 2. The molecular weight excluding hydrogens is 453 g/mol. The van der Waals surface area contributed by atoms with Crippen LogP contribution in [-0.2, 0) is 4.74 Å². The molecule has 1 aromatic rings. The van der Waals surface area contributed by atoms with Crippen molar-refractivity contribution in [3.63, 3.8) is 0 Å². The van der Waals surface area contributed by atoms with Gasteiger partial charge >= 0.3 is 0 Å². The predicted molar refractivity (Wildman–Crippen MR) is 116 cm³/mol. The third kappa shape index (κ3) is 2.99. The molecule has 0 amide bonds. The zero-order valence-electron chi connectivity index (χ0n) is 16.4. The molecule has 2 saturated heterocycles. The zero-order valence-corrected chi connectivity index (χ0v) is 18.7. The maximum Gasteiger partial charge on any atom is 0.193 e. The molecule has 1 spiro atoms. The topological polar surface area (TPSA) is 54.7 Å². The molecule has 7 heteroatoms. The van der Waals surface area contributed by atoms with Crippen molar-refractivity contribution in [2.45, 2.75) is 57.2 Å². The number of aliphatic imine (C=N–C) groups is 1. The van der Waals surface area contributed by atoms with Crippen molar-refractivity contribution in [2.75, 3.05) is 26.7 Å². The van der Waals surface area contributed by atoms with E-state index in [1.807, 2.05) is 19.6 Å². The van der Waals surface area contributed by atoms with Crippen molar-refractivity contribution < 1.29 is 4.74 Å². The summed E-state index contributed by atoms with van der Waals surface area (Å²) in [5.74, 6) is 2.43. The summed E-state index contributed by atoms with van der Waals surface area (Å²) in [4.78, 5) is 11.4. The average molecular weight is 485 g/mol. The number of nitrogens with zero attached hydrogens (tertiary/aromatic N) is 4. The quantitative estimate of drug-likeness (QED) is 0.398. The van der Waals surface area contributed by atoms with Crippen molar-refractivity contribution in [3.8, 4) is 0 Å². The highest BCUT2D eigenvalue weighted by Gasteiger charge is 2.66. The van der Waals surface area contributed by atoms with E-state index < -0.39 is 0 Å². The lowest BCUT2D eigenvalue weighted by Gasteiger charge is -2.63. The molecule has 2 saturated carbocycles. The molecule has 1 N–H and O–H groups in total. The standard InChI is InChI=1S/C20H31N5O.HI/c1-14-4-9-24(12-16(14)25-10-8-22-13-25)19(21-2)23-17-15-5-11-26-18(15)20(17)6-3-7-20;/h8,10,13-18H,3-7,9,11-12H2,1-2H3,(H,21,23);1H. The normalized spacial score (nSPS) is 37.2. The SMILES string of the molecule is CN=C(NC1C2CCOC2C12CCC2)N1CCC(C)C(n2ccnc2)C1.I. The van der Waals surface area contributed by atoms with Crippen molar-refractivity contribution in [1.82, 2.24) is 19.8 Å². The number of imidazole rings is 1. The summed E-state index contributed by atoms with van der Waals surface area (Å²) in [6, 6.07) is 1.01. The fourth-order valence-corrected chi connectivity index (χ4v) is 5.99. The number of aromatic nitrogens is 2. The molecule has 2 aliphatic carbocycles. The molecule has 5 unspecified atom stereocenters. The van der Waals surface area contributed by atoms with Gasteiger partial charge < -0.3 is 19.5 Å². The first-order chi connectivity index (χ1) is 12.7. The third-order valence-electron chi connectivity index (χ3n) is 7.66. The highest BCUT2D eigenvalue weighted by atomic mass is 127. The monoisotopic (exact) mass is 485 g/mol. The Hall–Kier alpha value is -0.830. The molecule has 5 rings (SSSR count). The van der Waals surface area contributed by atoms with Crippen LogP contribution < -0.4 is 5.32 Å². The van der Waals surface area contributed by atoms with E-state index in [0.29, 0.717) is 35.4 Å². The Morgan fingerprint density at radius 2 is 2.19 bits per heavy atom. The van der Waals surface area contributed by atoms with Gasteiger partial charge in [-0.2, -0.15) is 0 Å². The van der Waals surface area contributed by atoms with Gasteiger partial charge in [0.2, 0.25) is 0 Å². The van der Waals surface area contributed by atoms with Crippen molar-refractivity contribution >= 4 is 29.9 Å². The first-order valence-corrected chi connectivity index (χ1v) is 10.3. The summed E-state index contributed by atoms with van der Waals surface area (Å²) >= 11 is 0. The molecule has 150 valence electrons. The number of hydrogen-bond acceptors (Lipinski definition) is 3. The molecule has 2 aliphatic heterocycles. The van der Waals surface area contributed by atoms with E-state index in [4.69, 9.17) is 4.74 Å². The van der Waals surface area contributed by atoms with Gasteiger partial charge in [0.25, 0.3) is 0 Å². The number of nitrogens with one attached hydrogen (secondary N) is 1. The minimum atomic E-state index is 0. The molecule has 4 aliphatic rings. The Morgan fingerprint density at radius 3 is 2.85 bits per heavy atom. The van der Waals surface area contributed by atoms with Crippen LogP contribution in [-0.4, -0.2) is 59.3 Å². The van der Waals surface area contributed by atoms with Crippen LogP contribution in [0.1, 0.15) is 45.1 Å². The van der Waals surface area contributed by atoms with E-state index in [1.54, 1.807) is 0 Å². The van der Waals surface area contributed by atoms with Crippen LogP contribution in [0.5, 0.6) is 0 Å². The van der Waals surface area contributed by atoms with Gasteiger partial charge in [-0.15, -0.1) is 24.0 Å². The number of likely N-dealkylation sites (tertiary alicyclic amines) is 1. The lowest BCUT2D eigenvalue weighted by Crippen LogP contribution is -2.72. The van der Waals surface area contributed by atoms with Crippen LogP contribution in [0.4, 0.5) is 0 Å². The third-order valence-corrected chi connectivity index (χ3v) is 7.66. The Labute approximate surface area is 179 Å². The van der Waals surface area contributed by atoms with Gasteiger partial charge in [0.15, 0.2) is 5.96 Å². The molecule has 1 aromatic heterocycles. The van der Waals surface area contributed by atoms with Gasteiger partial charge in [-0.3, -0.25) is 4.99 Å². The molecule has 0 radical (unpaired) electrons. The number of hydrogen-bond donors (Lipinski definition) is 1. The summed E-state index contributed by atoms with van der Waals surface area (Å²) in [7, 11) is 1.93. The smallest absolute Gasteiger partial charge is 0.193 e. The lowest BCUT2D eigenvalue weighted by atomic mass is 9.46. The molecule has 27 heavy (non-hydrogen) atoms. The van der Waals surface area contributed by atoms with Crippen LogP contribution in [0.25, 0.3) is 0 Å². The van der Waals surface area contributed by atoms with Gasteiger partial charge in [-0.25, -0.2) is 4.98 Å². The lowest BCUT2D eigenvalue weighted by molar-refractivity contribution is -0.171. The van der Waals surface area contributed by atoms with E-state index in [9.17, 15) is 0 Å². The second-order valence-electron chi connectivity index (χ2n) is 8.79. The first kappa shape index (κ1) is 19.5. The molecule has 4 fully saturated rings. The van der Waals surface area contributed by atoms with E-state index in [-0.39, 0.29) is 24.0 Å². The van der Waals surface area contributed by atoms with Crippen LogP contribution in [0.3, 0.4) is 0 Å². The first-order valence-electron chi connectivity index (χ1n) is 10.3. The Morgan fingerprint density at radius 1 is 1.33 bits per heavy atom. The number of piperidine rings is 1. The van der Waals surface area contributed by atoms with Gasteiger partial charge in [0, 0.05) is 56.5 Å². The zero-order chi connectivity index (χ0) is 17.7. The van der Waals surface area contributed by atoms with E-state index in [0.717, 1.165) is 25.7 Å². The molecule has 0 aromatic carbocycles. The van der Waals surface area contributed by atoms with Gasteiger partial charge in [-0.05, 0) is 31.6 Å². The van der Waals surface area contributed by atoms with Gasteiger partial charge in [0.1, 0.15) is 0 Å². The summed E-state index contributed by atoms with van der Waals surface area (Å²) < 4.78 is 8.34. The fourth-order valence-electron chi connectivity index (χ4n) is 5.99. The Kier molecular flexibility index (Phi) is 5.44. The molecule has 3 heterocycles. The minimum absolute atomic E-state index is 0. The van der Waals surface area contributed by atoms with Crippen LogP contribution in [0.15, 0.2) is 23.7 Å². The predicted octanol–water partition coefficient (Wildman–Crippen LogP) is 2.92. The highest BCUT2D eigenvalue weighted by molar-refractivity contribution is 14.0. The largest absolute Gasteiger partial charge is 0.377 e.